The predicted molar refractivity (Wildman–Crippen MR) is 76.0 cm³/mol. The molecule has 0 bridgehead atoms. The molecule has 0 saturated heterocycles. The molecule has 1 unspecified atom stereocenters. The Morgan fingerprint density at radius 1 is 1.28 bits per heavy atom. The van der Waals surface area contributed by atoms with Gasteiger partial charge in [-0.3, -0.25) is 4.98 Å². The van der Waals surface area contributed by atoms with Crippen LogP contribution in [-0.4, -0.2) is 12.1 Å². The molecular weight excluding hydrogens is 316 g/mol. The van der Waals surface area contributed by atoms with Gasteiger partial charge in [0, 0.05) is 16.9 Å². The van der Waals surface area contributed by atoms with Gasteiger partial charge in [0.15, 0.2) is 0 Å². The summed E-state index contributed by atoms with van der Waals surface area (Å²) in [5.74, 6) is 0.639. The van der Waals surface area contributed by atoms with Crippen molar-refractivity contribution in [2.45, 2.75) is 6.04 Å². The van der Waals surface area contributed by atoms with Gasteiger partial charge in [0.2, 0.25) is 0 Å². The lowest BCUT2D eigenvalue weighted by molar-refractivity contribution is 0.415. The maximum Gasteiger partial charge on any atom is 0.137 e. The van der Waals surface area contributed by atoms with Crippen molar-refractivity contribution in [1.82, 2.24) is 4.98 Å². The van der Waals surface area contributed by atoms with E-state index in [0.717, 1.165) is 15.6 Å². The van der Waals surface area contributed by atoms with Crippen molar-refractivity contribution in [2.75, 3.05) is 7.11 Å². The van der Waals surface area contributed by atoms with Gasteiger partial charge in [0.1, 0.15) is 5.75 Å². The zero-order valence-electron chi connectivity index (χ0n) is 9.73. The SMILES string of the molecule is COc1ccc(C(N)c2cncc(Br)c2)cc1Cl. The highest BCUT2D eigenvalue weighted by Crippen LogP contribution is 2.29. The monoisotopic (exact) mass is 326 g/mol. The Balaban J connectivity index is 2.34. The minimum atomic E-state index is -0.265. The molecule has 1 atom stereocenters. The molecule has 0 fully saturated rings. The van der Waals surface area contributed by atoms with Crippen molar-refractivity contribution in [1.29, 1.82) is 0 Å². The second kappa shape index (κ2) is 5.69. The molecule has 5 heteroatoms. The van der Waals surface area contributed by atoms with E-state index in [1.54, 1.807) is 19.5 Å². The number of benzene rings is 1. The predicted octanol–water partition coefficient (Wildman–Crippen LogP) is 3.55. The van der Waals surface area contributed by atoms with Gasteiger partial charge < -0.3 is 10.5 Å². The van der Waals surface area contributed by atoms with Gasteiger partial charge >= 0.3 is 0 Å². The fraction of sp³-hybridized carbons (Fsp3) is 0.154. The molecule has 18 heavy (non-hydrogen) atoms. The van der Waals surface area contributed by atoms with Crippen LogP contribution in [0.3, 0.4) is 0 Å². The van der Waals surface area contributed by atoms with E-state index in [9.17, 15) is 0 Å². The summed E-state index contributed by atoms with van der Waals surface area (Å²) in [6.45, 7) is 0. The zero-order chi connectivity index (χ0) is 13.1. The van der Waals surface area contributed by atoms with E-state index in [4.69, 9.17) is 22.1 Å². The van der Waals surface area contributed by atoms with E-state index in [0.29, 0.717) is 10.8 Å². The molecular formula is C13H12BrClN2O. The standard InChI is InChI=1S/C13H12BrClN2O/c1-18-12-3-2-8(5-11(12)15)13(16)9-4-10(14)7-17-6-9/h2-7,13H,16H2,1H3. The molecule has 2 aromatic rings. The number of ether oxygens (including phenoxy) is 1. The summed E-state index contributed by atoms with van der Waals surface area (Å²) in [4.78, 5) is 4.10. The molecule has 0 aliphatic carbocycles. The number of pyridine rings is 1. The number of aromatic nitrogens is 1. The number of rotatable bonds is 3. The zero-order valence-corrected chi connectivity index (χ0v) is 12.1. The molecule has 1 heterocycles. The summed E-state index contributed by atoms with van der Waals surface area (Å²) < 4.78 is 6.01. The second-order valence-corrected chi connectivity index (χ2v) is 5.13. The number of hydrogen-bond acceptors (Lipinski definition) is 3. The Morgan fingerprint density at radius 3 is 2.67 bits per heavy atom. The van der Waals surface area contributed by atoms with Gasteiger partial charge in [0.25, 0.3) is 0 Å². The van der Waals surface area contributed by atoms with Crippen LogP contribution in [-0.2, 0) is 0 Å². The molecule has 0 saturated carbocycles. The molecule has 2 rings (SSSR count). The first-order chi connectivity index (χ1) is 8.61. The maximum absolute atomic E-state index is 6.19. The van der Waals surface area contributed by atoms with Crippen molar-refractivity contribution >= 4 is 27.5 Å². The number of methoxy groups -OCH3 is 1. The van der Waals surface area contributed by atoms with Crippen molar-refractivity contribution in [3.05, 3.63) is 57.3 Å². The van der Waals surface area contributed by atoms with Crippen LogP contribution in [0.2, 0.25) is 5.02 Å². The largest absolute Gasteiger partial charge is 0.495 e. The number of halogens is 2. The summed E-state index contributed by atoms with van der Waals surface area (Å²) in [6.07, 6.45) is 3.46. The highest BCUT2D eigenvalue weighted by atomic mass is 79.9. The lowest BCUT2D eigenvalue weighted by Gasteiger charge is -2.14. The normalized spacial score (nSPS) is 12.2. The van der Waals surface area contributed by atoms with Gasteiger partial charge in [-0.2, -0.15) is 0 Å². The first-order valence-electron chi connectivity index (χ1n) is 5.31. The van der Waals surface area contributed by atoms with E-state index >= 15 is 0 Å². The van der Waals surface area contributed by atoms with Crippen molar-refractivity contribution < 1.29 is 4.74 Å². The molecule has 0 radical (unpaired) electrons. The molecule has 1 aromatic heterocycles. The quantitative estimate of drug-likeness (QED) is 0.938. The Kier molecular flexibility index (Phi) is 4.22. The molecule has 1 aromatic carbocycles. The lowest BCUT2D eigenvalue weighted by atomic mass is 10.0. The van der Waals surface area contributed by atoms with E-state index in [2.05, 4.69) is 20.9 Å². The summed E-state index contributed by atoms with van der Waals surface area (Å²) in [5.41, 5.74) is 8.02. The third kappa shape index (κ3) is 2.83. The Labute approximate surface area is 119 Å². The molecule has 0 aliphatic heterocycles. The topological polar surface area (TPSA) is 48.1 Å². The van der Waals surface area contributed by atoms with Crippen LogP contribution in [0.25, 0.3) is 0 Å². The number of nitrogens with two attached hydrogens (primary N) is 1. The first kappa shape index (κ1) is 13.3. The van der Waals surface area contributed by atoms with Gasteiger partial charge in [-0.15, -0.1) is 0 Å². The van der Waals surface area contributed by atoms with Crippen LogP contribution in [0.1, 0.15) is 17.2 Å². The highest BCUT2D eigenvalue weighted by Gasteiger charge is 2.12. The average molecular weight is 328 g/mol. The molecule has 0 amide bonds. The van der Waals surface area contributed by atoms with Crippen molar-refractivity contribution in [3.63, 3.8) is 0 Å². The van der Waals surface area contributed by atoms with Gasteiger partial charge in [-0.1, -0.05) is 17.7 Å². The Bertz CT molecular complexity index is 562. The lowest BCUT2D eigenvalue weighted by Crippen LogP contribution is -2.12. The fourth-order valence-corrected chi connectivity index (χ4v) is 2.32. The van der Waals surface area contributed by atoms with E-state index in [-0.39, 0.29) is 6.04 Å². The third-order valence-corrected chi connectivity index (χ3v) is 3.35. The van der Waals surface area contributed by atoms with Crippen molar-refractivity contribution in [2.24, 2.45) is 5.73 Å². The van der Waals surface area contributed by atoms with Crippen LogP contribution in [0.5, 0.6) is 5.75 Å². The molecule has 2 N–H and O–H groups in total. The summed E-state index contributed by atoms with van der Waals surface area (Å²) in [6, 6.07) is 7.19. The van der Waals surface area contributed by atoms with Crippen LogP contribution in [0, 0.1) is 0 Å². The highest BCUT2D eigenvalue weighted by molar-refractivity contribution is 9.10. The van der Waals surface area contributed by atoms with Crippen LogP contribution >= 0.6 is 27.5 Å². The summed E-state index contributed by atoms with van der Waals surface area (Å²) in [5, 5.41) is 0.549. The van der Waals surface area contributed by atoms with Crippen LogP contribution in [0.15, 0.2) is 41.1 Å². The Morgan fingerprint density at radius 2 is 2.06 bits per heavy atom. The number of nitrogens with zero attached hydrogens (tertiary/aromatic N) is 1. The summed E-state index contributed by atoms with van der Waals surface area (Å²) >= 11 is 9.46. The van der Waals surface area contributed by atoms with E-state index < -0.39 is 0 Å². The van der Waals surface area contributed by atoms with Crippen LogP contribution in [0.4, 0.5) is 0 Å². The molecule has 0 aliphatic rings. The van der Waals surface area contributed by atoms with Gasteiger partial charge in [-0.25, -0.2) is 0 Å². The third-order valence-electron chi connectivity index (χ3n) is 2.62. The summed E-state index contributed by atoms with van der Waals surface area (Å²) in [7, 11) is 1.58. The second-order valence-electron chi connectivity index (χ2n) is 3.81. The molecule has 94 valence electrons. The van der Waals surface area contributed by atoms with E-state index in [1.165, 1.54) is 0 Å². The maximum atomic E-state index is 6.19. The minimum Gasteiger partial charge on any atom is -0.495 e. The fourth-order valence-electron chi connectivity index (χ4n) is 1.67. The van der Waals surface area contributed by atoms with Crippen LogP contribution < -0.4 is 10.5 Å². The molecule has 3 nitrogen and oxygen atoms in total. The smallest absolute Gasteiger partial charge is 0.137 e. The average Bonchev–Trinajstić information content (AvgIpc) is 2.37. The number of hydrogen-bond donors (Lipinski definition) is 1. The Hall–Kier alpha value is -1.10. The van der Waals surface area contributed by atoms with E-state index in [1.807, 2.05) is 24.3 Å². The van der Waals surface area contributed by atoms with Gasteiger partial charge in [-0.05, 0) is 45.3 Å². The molecule has 0 spiro atoms. The first-order valence-corrected chi connectivity index (χ1v) is 6.48. The van der Waals surface area contributed by atoms with Crippen molar-refractivity contribution in [3.8, 4) is 5.75 Å². The van der Waals surface area contributed by atoms with Gasteiger partial charge in [0.05, 0.1) is 18.2 Å². The minimum absolute atomic E-state index is 0.265.